The molecule has 3 heterocycles. The molecule has 7 nitrogen and oxygen atoms in total. The van der Waals surface area contributed by atoms with Crippen LogP contribution in [0.3, 0.4) is 0 Å². The van der Waals surface area contributed by atoms with Gasteiger partial charge in [0.05, 0.1) is 5.69 Å². The van der Waals surface area contributed by atoms with Crippen molar-refractivity contribution < 1.29 is 9.32 Å². The summed E-state index contributed by atoms with van der Waals surface area (Å²) < 4.78 is 5.38. The molecule has 25 heavy (non-hydrogen) atoms. The number of rotatable bonds is 6. The molecule has 1 amide bonds. The topological polar surface area (TPSA) is 84.2 Å². The van der Waals surface area contributed by atoms with Crippen molar-refractivity contribution in [2.24, 2.45) is 0 Å². The lowest BCUT2D eigenvalue weighted by Gasteiger charge is -2.28. The van der Waals surface area contributed by atoms with Crippen molar-refractivity contribution in [2.75, 3.05) is 18.0 Å². The molecule has 0 radical (unpaired) electrons. The summed E-state index contributed by atoms with van der Waals surface area (Å²) in [6.45, 7) is 7.96. The predicted molar refractivity (Wildman–Crippen MR) is 96.6 cm³/mol. The maximum atomic E-state index is 12.0. The lowest BCUT2D eigenvalue weighted by molar-refractivity contribution is -0.121. The highest BCUT2D eigenvalue weighted by atomic mass is 16.5. The molecule has 0 unspecified atom stereocenters. The Kier molecular flexibility index (Phi) is 5.50. The summed E-state index contributed by atoms with van der Waals surface area (Å²) >= 11 is 0. The third kappa shape index (κ3) is 4.08. The number of aryl methyl sites for hydroxylation is 2. The molecule has 7 heteroatoms. The monoisotopic (exact) mass is 345 g/mol. The number of carbonyl (C=O) groups is 1. The molecular weight excluding hydrogens is 318 g/mol. The number of hydrogen-bond donors (Lipinski definition) is 1. The van der Waals surface area contributed by atoms with Gasteiger partial charge in [0.25, 0.3) is 5.71 Å². The van der Waals surface area contributed by atoms with E-state index in [1.165, 1.54) is 19.3 Å². The minimum absolute atomic E-state index is 0.0336. The van der Waals surface area contributed by atoms with Gasteiger partial charge in [0.15, 0.2) is 0 Å². The molecule has 2 aromatic heterocycles. The predicted octanol–water partition coefficient (Wildman–Crippen LogP) is 2.76. The van der Waals surface area contributed by atoms with Gasteiger partial charge >= 0.3 is 0 Å². The fraction of sp³-hybridized carbons (Fsp3) is 0.667. The number of hydrogen-bond acceptors (Lipinski definition) is 6. The van der Waals surface area contributed by atoms with E-state index in [-0.39, 0.29) is 11.9 Å². The standard InChI is InChI=1S/C18H27N5O2/c1-4-12(2)19-15(24)9-8-14-20-17(23-10-6-5-7-11-23)16-13(3)22-25-18(16)21-14/h12H,4-11H2,1-3H3,(H,19,24)/t12-/m0/s1. The quantitative estimate of drug-likeness (QED) is 0.866. The van der Waals surface area contributed by atoms with Crippen LogP contribution in [0.25, 0.3) is 11.1 Å². The summed E-state index contributed by atoms with van der Waals surface area (Å²) in [5.74, 6) is 1.58. The third-order valence-corrected chi connectivity index (χ3v) is 4.78. The van der Waals surface area contributed by atoms with E-state index in [1.54, 1.807) is 0 Å². The first-order valence-electron chi connectivity index (χ1n) is 9.25. The Hall–Kier alpha value is -2.18. The average molecular weight is 345 g/mol. The SMILES string of the molecule is CC[C@H](C)NC(=O)CCc1nc(N2CCCCC2)c2c(C)noc2n1. The van der Waals surface area contributed by atoms with Gasteiger partial charge in [-0.2, -0.15) is 4.98 Å². The normalized spacial score (nSPS) is 16.2. The van der Waals surface area contributed by atoms with Crippen LogP contribution in [0.15, 0.2) is 4.52 Å². The molecule has 1 saturated heterocycles. The van der Waals surface area contributed by atoms with E-state index in [0.29, 0.717) is 24.4 Å². The highest BCUT2D eigenvalue weighted by Gasteiger charge is 2.21. The molecule has 0 aliphatic carbocycles. The molecular formula is C18H27N5O2. The van der Waals surface area contributed by atoms with Crippen LogP contribution in [0.4, 0.5) is 5.82 Å². The summed E-state index contributed by atoms with van der Waals surface area (Å²) in [5.41, 5.74) is 1.34. The second kappa shape index (κ2) is 7.80. The fourth-order valence-electron chi connectivity index (χ4n) is 3.13. The molecule has 1 aliphatic rings. The molecule has 0 spiro atoms. The highest BCUT2D eigenvalue weighted by molar-refractivity contribution is 5.88. The molecule has 136 valence electrons. The highest BCUT2D eigenvalue weighted by Crippen LogP contribution is 2.29. The van der Waals surface area contributed by atoms with Crippen LogP contribution in [-0.2, 0) is 11.2 Å². The second-order valence-corrected chi connectivity index (χ2v) is 6.84. The van der Waals surface area contributed by atoms with Crippen molar-refractivity contribution in [3.63, 3.8) is 0 Å². The summed E-state index contributed by atoms with van der Waals surface area (Å²) in [5, 5.41) is 7.93. The summed E-state index contributed by atoms with van der Waals surface area (Å²) in [6, 6.07) is 0.191. The zero-order valence-corrected chi connectivity index (χ0v) is 15.3. The van der Waals surface area contributed by atoms with Gasteiger partial charge in [-0.15, -0.1) is 0 Å². The Bertz CT molecular complexity index is 736. The van der Waals surface area contributed by atoms with Crippen molar-refractivity contribution in [2.45, 2.75) is 65.3 Å². The second-order valence-electron chi connectivity index (χ2n) is 6.84. The number of carbonyl (C=O) groups excluding carboxylic acids is 1. The maximum Gasteiger partial charge on any atom is 0.263 e. The molecule has 1 atom stereocenters. The molecule has 0 saturated carbocycles. The van der Waals surface area contributed by atoms with Crippen LogP contribution < -0.4 is 10.2 Å². The Morgan fingerprint density at radius 3 is 2.76 bits per heavy atom. The van der Waals surface area contributed by atoms with Crippen molar-refractivity contribution >= 4 is 22.8 Å². The van der Waals surface area contributed by atoms with Crippen LogP contribution in [0.5, 0.6) is 0 Å². The van der Waals surface area contributed by atoms with E-state index in [9.17, 15) is 4.79 Å². The molecule has 2 aromatic rings. The van der Waals surface area contributed by atoms with Crippen molar-refractivity contribution in [1.82, 2.24) is 20.4 Å². The minimum atomic E-state index is 0.0336. The van der Waals surface area contributed by atoms with E-state index in [1.807, 2.05) is 13.8 Å². The maximum absolute atomic E-state index is 12.0. The van der Waals surface area contributed by atoms with Crippen LogP contribution in [0.2, 0.25) is 0 Å². The third-order valence-electron chi connectivity index (χ3n) is 4.78. The largest absolute Gasteiger partial charge is 0.356 e. The van der Waals surface area contributed by atoms with Crippen molar-refractivity contribution in [3.05, 3.63) is 11.5 Å². The molecule has 1 aliphatic heterocycles. The molecule has 1 fully saturated rings. The molecule has 0 aromatic carbocycles. The Morgan fingerprint density at radius 2 is 2.04 bits per heavy atom. The number of amides is 1. The van der Waals surface area contributed by atoms with Crippen LogP contribution in [-0.4, -0.2) is 40.2 Å². The lowest BCUT2D eigenvalue weighted by atomic mass is 10.1. The Morgan fingerprint density at radius 1 is 1.28 bits per heavy atom. The lowest BCUT2D eigenvalue weighted by Crippen LogP contribution is -2.32. The molecule has 1 N–H and O–H groups in total. The van der Waals surface area contributed by atoms with Crippen LogP contribution in [0.1, 0.15) is 57.5 Å². The zero-order valence-electron chi connectivity index (χ0n) is 15.3. The average Bonchev–Trinajstić information content (AvgIpc) is 3.01. The smallest absolute Gasteiger partial charge is 0.263 e. The van der Waals surface area contributed by atoms with Crippen molar-refractivity contribution in [1.29, 1.82) is 0 Å². The van der Waals surface area contributed by atoms with Crippen LogP contribution >= 0.6 is 0 Å². The number of nitrogens with one attached hydrogen (secondary N) is 1. The molecule has 0 bridgehead atoms. The van der Waals surface area contributed by atoms with Gasteiger partial charge in [-0.05, 0) is 39.5 Å². The number of aromatic nitrogens is 3. The first kappa shape index (κ1) is 17.6. The number of fused-ring (bicyclic) bond motifs is 1. The summed E-state index contributed by atoms with van der Waals surface area (Å²) in [6.07, 6.45) is 5.40. The number of nitrogens with zero attached hydrogens (tertiary/aromatic N) is 4. The van der Waals surface area contributed by atoms with E-state index in [0.717, 1.165) is 36.4 Å². The molecule has 3 rings (SSSR count). The number of anilines is 1. The van der Waals surface area contributed by atoms with Gasteiger partial charge in [0.1, 0.15) is 17.0 Å². The van der Waals surface area contributed by atoms with Crippen molar-refractivity contribution in [3.8, 4) is 0 Å². The number of piperidine rings is 1. The Balaban J connectivity index is 1.80. The van der Waals surface area contributed by atoms with E-state index >= 15 is 0 Å². The Labute approximate surface area is 148 Å². The first-order valence-corrected chi connectivity index (χ1v) is 9.25. The van der Waals surface area contributed by atoms with Gasteiger partial charge < -0.3 is 14.7 Å². The minimum Gasteiger partial charge on any atom is -0.356 e. The van der Waals surface area contributed by atoms with E-state index in [4.69, 9.17) is 9.51 Å². The zero-order chi connectivity index (χ0) is 17.8. The van der Waals surface area contributed by atoms with Gasteiger partial charge in [0.2, 0.25) is 5.91 Å². The van der Waals surface area contributed by atoms with E-state index < -0.39 is 0 Å². The fourth-order valence-corrected chi connectivity index (χ4v) is 3.13. The van der Waals surface area contributed by atoms with E-state index in [2.05, 4.69) is 27.3 Å². The van der Waals surface area contributed by atoms with Gasteiger partial charge in [0, 0.05) is 32.0 Å². The summed E-state index contributed by atoms with van der Waals surface area (Å²) in [4.78, 5) is 23.6. The summed E-state index contributed by atoms with van der Waals surface area (Å²) in [7, 11) is 0. The van der Waals surface area contributed by atoms with Crippen LogP contribution in [0, 0.1) is 6.92 Å². The van der Waals surface area contributed by atoms with Gasteiger partial charge in [-0.3, -0.25) is 4.79 Å². The van der Waals surface area contributed by atoms with Gasteiger partial charge in [-0.25, -0.2) is 4.98 Å². The van der Waals surface area contributed by atoms with Gasteiger partial charge in [-0.1, -0.05) is 12.1 Å². The first-order chi connectivity index (χ1) is 12.1.